The highest BCUT2D eigenvalue weighted by Gasteiger charge is 2.45. The van der Waals surface area contributed by atoms with Gasteiger partial charge in [0, 0.05) is 50.2 Å². The van der Waals surface area contributed by atoms with Crippen molar-refractivity contribution in [2.24, 2.45) is 32.0 Å². The standard InChI is InChI=1S/C22H22Cl2F4N10/c23-13-5-15-16(6-14(13)24)33-17(32-15)9-29-20-35-21(36-3-1-22(27,28)2-4-36)34-18-12(8-31-38(18)20)11-7-30-37(10-11)19(25)26/h5-8,11-12,18-19H,1-4,9-10H2,(H,32,33)(H,29,34,35). The van der Waals surface area contributed by atoms with E-state index < -0.39 is 18.6 Å². The third-order valence-corrected chi connectivity index (χ3v) is 7.65. The normalized spacial score (nSPS) is 27.6. The number of aromatic nitrogens is 2. The number of nitrogens with one attached hydrogen (secondary N) is 2. The number of piperidine rings is 1. The van der Waals surface area contributed by atoms with Gasteiger partial charge in [0.05, 0.1) is 27.6 Å². The number of guanidine groups is 2. The highest BCUT2D eigenvalue weighted by Crippen LogP contribution is 2.33. The molecule has 10 nitrogen and oxygen atoms in total. The number of aromatic amines is 1. The zero-order chi connectivity index (χ0) is 26.6. The van der Waals surface area contributed by atoms with Gasteiger partial charge in [-0.25, -0.2) is 33.8 Å². The molecular formula is C22H22Cl2F4N10. The molecule has 1 saturated heterocycles. The number of H-pyrrole nitrogens is 1. The molecule has 0 aliphatic carbocycles. The summed E-state index contributed by atoms with van der Waals surface area (Å²) in [5.74, 6) is -2.18. The highest BCUT2D eigenvalue weighted by molar-refractivity contribution is 6.42. The van der Waals surface area contributed by atoms with Gasteiger partial charge in [-0.2, -0.15) is 19.0 Å². The van der Waals surface area contributed by atoms with E-state index in [-0.39, 0.29) is 50.9 Å². The van der Waals surface area contributed by atoms with Crippen LogP contribution in [0.1, 0.15) is 18.7 Å². The Labute approximate surface area is 224 Å². The lowest BCUT2D eigenvalue weighted by molar-refractivity contribution is -0.0441. The second-order valence-electron chi connectivity index (χ2n) is 9.46. The van der Waals surface area contributed by atoms with Crippen molar-refractivity contribution in [3.63, 3.8) is 0 Å². The average molecular weight is 573 g/mol. The van der Waals surface area contributed by atoms with Crippen LogP contribution in [-0.2, 0) is 6.54 Å². The topological polar surface area (TPSA) is 99.9 Å². The molecule has 1 fully saturated rings. The maximum absolute atomic E-state index is 13.8. The van der Waals surface area contributed by atoms with E-state index in [0.717, 1.165) is 0 Å². The van der Waals surface area contributed by atoms with Crippen molar-refractivity contribution < 1.29 is 17.6 Å². The largest absolute Gasteiger partial charge is 0.342 e. The number of likely N-dealkylation sites (tertiary alicyclic amines) is 1. The first-order valence-electron chi connectivity index (χ1n) is 11.9. The first kappa shape index (κ1) is 25.2. The number of halogens is 6. The minimum atomic E-state index is -2.72. The number of fused-ring (bicyclic) bond motifs is 2. The van der Waals surface area contributed by atoms with Crippen molar-refractivity contribution in [2.75, 3.05) is 19.6 Å². The summed E-state index contributed by atoms with van der Waals surface area (Å²) < 4.78 is 53.9. The Hall–Kier alpha value is -3.13. The molecule has 202 valence electrons. The molecule has 2 aromatic rings. The first-order chi connectivity index (χ1) is 18.2. The number of imidazole rings is 1. The molecule has 5 heterocycles. The SMILES string of the molecule is FC(F)N1CC(C2C=NN3C(=NCc4nc5cc(Cl)c(Cl)cc5[nH]4)NC(N4CCC(F)(F)CC4)=NC23)C=N1. The molecule has 16 heteroatoms. The number of alkyl halides is 4. The lowest BCUT2D eigenvalue weighted by Gasteiger charge is -2.39. The van der Waals surface area contributed by atoms with Crippen LogP contribution in [0.4, 0.5) is 17.6 Å². The maximum Gasteiger partial charge on any atom is 0.329 e. The highest BCUT2D eigenvalue weighted by atomic mass is 35.5. The summed E-state index contributed by atoms with van der Waals surface area (Å²) in [4.78, 5) is 18.8. The Bertz CT molecular complexity index is 1310. The van der Waals surface area contributed by atoms with E-state index in [9.17, 15) is 17.6 Å². The van der Waals surface area contributed by atoms with Gasteiger partial charge in [0.15, 0.2) is 6.17 Å². The van der Waals surface area contributed by atoms with Gasteiger partial charge in [0.25, 0.3) is 5.92 Å². The number of hydrogen-bond acceptors (Lipinski definition) is 7. The summed E-state index contributed by atoms with van der Waals surface area (Å²) in [5, 5.41) is 14.5. The Morgan fingerprint density at radius 1 is 1.11 bits per heavy atom. The lowest BCUT2D eigenvalue weighted by atomic mass is 9.92. The molecule has 6 rings (SSSR count). The van der Waals surface area contributed by atoms with Gasteiger partial charge in [-0.15, -0.1) is 0 Å². The van der Waals surface area contributed by atoms with Gasteiger partial charge < -0.3 is 9.88 Å². The van der Waals surface area contributed by atoms with Crippen LogP contribution in [0.5, 0.6) is 0 Å². The van der Waals surface area contributed by atoms with Crippen LogP contribution in [-0.4, -0.2) is 87.5 Å². The number of hydrazone groups is 2. The minimum absolute atomic E-state index is 0.0174. The fraction of sp³-hybridized carbons (Fsp3) is 0.500. The molecule has 3 unspecified atom stereocenters. The van der Waals surface area contributed by atoms with E-state index in [1.54, 1.807) is 28.3 Å². The molecule has 4 aliphatic heterocycles. The summed E-state index contributed by atoms with van der Waals surface area (Å²) in [6.45, 7) is -2.34. The van der Waals surface area contributed by atoms with Crippen LogP contribution < -0.4 is 5.32 Å². The predicted molar refractivity (Wildman–Crippen MR) is 136 cm³/mol. The van der Waals surface area contributed by atoms with Crippen LogP contribution in [0.15, 0.2) is 32.3 Å². The van der Waals surface area contributed by atoms with E-state index in [1.807, 2.05) is 0 Å². The fourth-order valence-electron chi connectivity index (χ4n) is 4.86. The van der Waals surface area contributed by atoms with Crippen LogP contribution >= 0.6 is 23.2 Å². The third kappa shape index (κ3) is 4.75. The molecule has 38 heavy (non-hydrogen) atoms. The summed E-state index contributed by atoms with van der Waals surface area (Å²) in [5.41, 5.74) is 1.33. The Morgan fingerprint density at radius 2 is 1.87 bits per heavy atom. The smallest absolute Gasteiger partial charge is 0.329 e. The molecule has 2 N–H and O–H groups in total. The maximum atomic E-state index is 13.8. The molecule has 0 amide bonds. The number of rotatable bonds is 4. The second-order valence-corrected chi connectivity index (χ2v) is 10.3. The van der Waals surface area contributed by atoms with Gasteiger partial charge in [0.2, 0.25) is 11.9 Å². The number of hydrogen-bond donors (Lipinski definition) is 2. The van der Waals surface area contributed by atoms with E-state index in [4.69, 9.17) is 28.2 Å². The lowest BCUT2D eigenvalue weighted by Crippen LogP contribution is -2.58. The van der Waals surface area contributed by atoms with Crippen LogP contribution in [0, 0.1) is 11.8 Å². The molecule has 1 aromatic carbocycles. The quantitative estimate of drug-likeness (QED) is 0.429. The van der Waals surface area contributed by atoms with E-state index in [1.165, 1.54) is 6.21 Å². The van der Waals surface area contributed by atoms with Crippen LogP contribution in [0.25, 0.3) is 11.0 Å². The van der Waals surface area contributed by atoms with Gasteiger partial charge in [-0.05, 0) is 12.1 Å². The van der Waals surface area contributed by atoms with Crippen LogP contribution in [0.2, 0.25) is 10.0 Å². The summed E-state index contributed by atoms with van der Waals surface area (Å²) in [7, 11) is 0. The minimum Gasteiger partial charge on any atom is -0.342 e. The summed E-state index contributed by atoms with van der Waals surface area (Å²) >= 11 is 12.2. The Kier molecular flexibility index (Phi) is 6.33. The number of nitrogens with zero attached hydrogens (tertiary/aromatic N) is 8. The van der Waals surface area contributed by atoms with Gasteiger partial charge >= 0.3 is 6.55 Å². The zero-order valence-electron chi connectivity index (χ0n) is 19.7. The van der Waals surface area contributed by atoms with E-state index >= 15 is 0 Å². The summed E-state index contributed by atoms with van der Waals surface area (Å²) in [6.07, 6.45) is 1.94. The third-order valence-electron chi connectivity index (χ3n) is 6.92. The number of benzene rings is 1. The van der Waals surface area contributed by atoms with Crippen molar-refractivity contribution in [2.45, 2.75) is 38.0 Å². The predicted octanol–water partition coefficient (Wildman–Crippen LogP) is 3.80. The average Bonchev–Trinajstić information content (AvgIpc) is 3.61. The molecule has 0 bridgehead atoms. The van der Waals surface area contributed by atoms with E-state index in [0.29, 0.717) is 43.8 Å². The summed E-state index contributed by atoms with van der Waals surface area (Å²) in [6, 6.07) is 3.33. The van der Waals surface area contributed by atoms with Crippen molar-refractivity contribution in [3.8, 4) is 0 Å². The molecule has 0 radical (unpaired) electrons. The molecule has 3 atom stereocenters. The van der Waals surface area contributed by atoms with Crippen molar-refractivity contribution >= 4 is 58.6 Å². The van der Waals surface area contributed by atoms with Crippen molar-refractivity contribution in [3.05, 3.63) is 28.0 Å². The molecular weight excluding hydrogens is 551 g/mol. The van der Waals surface area contributed by atoms with Crippen molar-refractivity contribution in [1.29, 1.82) is 0 Å². The Balaban J connectivity index is 1.27. The van der Waals surface area contributed by atoms with Gasteiger partial charge in [-0.3, -0.25) is 5.32 Å². The molecule has 4 aliphatic rings. The fourth-order valence-corrected chi connectivity index (χ4v) is 5.18. The van der Waals surface area contributed by atoms with E-state index in [2.05, 4.69) is 30.5 Å². The van der Waals surface area contributed by atoms with Crippen molar-refractivity contribution in [1.82, 2.24) is 30.2 Å². The Morgan fingerprint density at radius 3 is 2.61 bits per heavy atom. The van der Waals surface area contributed by atoms with Gasteiger partial charge in [-0.1, -0.05) is 23.2 Å². The van der Waals surface area contributed by atoms with Crippen LogP contribution in [0.3, 0.4) is 0 Å². The zero-order valence-corrected chi connectivity index (χ0v) is 21.2. The molecule has 0 saturated carbocycles. The van der Waals surface area contributed by atoms with Gasteiger partial charge in [0.1, 0.15) is 12.4 Å². The molecule has 0 spiro atoms. The molecule has 1 aromatic heterocycles. The second kappa shape index (κ2) is 9.56. The monoisotopic (exact) mass is 572 g/mol. The number of aliphatic imine (C=N–C) groups is 2. The first-order valence-corrected chi connectivity index (χ1v) is 12.7.